The van der Waals surface area contributed by atoms with E-state index in [4.69, 9.17) is 4.74 Å². The van der Waals surface area contributed by atoms with Crippen LogP contribution in [0.2, 0.25) is 0 Å². The lowest BCUT2D eigenvalue weighted by molar-refractivity contribution is 0.0914. The van der Waals surface area contributed by atoms with E-state index < -0.39 is 0 Å². The molecule has 2 atom stereocenters. The Labute approximate surface area is 126 Å². The predicted octanol–water partition coefficient (Wildman–Crippen LogP) is 2.20. The minimum atomic E-state index is 0.0162. The predicted molar refractivity (Wildman–Crippen MR) is 82.6 cm³/mol. The topological polar surface area (TPSA) is 50.4 Å². The fourth-order valence-electron chi connectivity index (χ4n) is 2.68. The summed E-state index contributed by atoms with van der Waals surface area (Å²) in [6, 6.07) is 7.75. The van der Waals surface area contributed by atoms with E-state index in [0.717, 1.165) is 37.8 Å². The van der Waals surface area contributed by atoms with Crippen LogP contribution in [0, 0.1) is 11.8 Å². The number of carbonyl (C=O) groups excluding carboxylic acids is 1. The molecule has 3 rings (SSSR count). The van der Waals surface area contributed by atoms with Gasteiger partial charge in [-0.15, -0.1) is 0 Å². The van der Waals surface area contributed by atoms with E-state index in [1.54, 1.807) is 0 Å². The number of hydrogen-bond donors (Lipinski definition) is 2. The van der Waals surface area contributed by atoms with Gasteiger partial charge in [0, 0.05) is 11.6 Å². The standard InChI is InChI=1S/C17H24N2O2/c1-12-10-18-9-8-16(12)19-17(20)14-4-6-15(7-5-14)21-11-13-2-3-13/h4-7,12-13,16,18H,2-3,8-11H2,1H3,(H,19,20). The molecule has 2 unspecified atom stereocenters. The van der Waals surface area contributed by atoms with Crippen molar-refractivity contribution in [3.63, 3.8) is 0 Å². The summed E-state index contributed by atoms with van der Waals surface area (Å²) in [5.41, 5.74) is 0.708. The van der Waals surface area contributed by atoms with Crippen LogP contribution in [0.15, 0.2) is 24.3 Å². The third kappa shape index (κ3) is 3.97. The molecule has 1 aliphatic carbocycles. The summed E-state index contributed by atoms with van der Waals surface area (Å²) in [5.74, 6) is 2.09. The summed E-state index contributed by atoms with van der Waals surface area (Å²) in [6.07, 6.45) is 3.57. The second-order valence-electron chi connectivity index (χ2n) is 6.33. The fraction of sp³-hybridized carbons (Fsp3) is 0.588. The first kappa shape index (κ1) is 14.4. The Balaban J connectivity index is 1.53. The number of carbonyl (C=O) groups is 1. The molecule has 0 spiro atoms. The van der Waals surface area contributed by atoms with Gasteiger partial charge in [0.1, 0.15) is 5.75 Å². The zero-order valence-corrected chi connectivity index (χ0v) is 12.6. The molecule has 1 aromatic carbocycles. The quantitative estimate of drug-likeness (QED) is 0.873. The Morgan fingerprint density at radius 2 is 2.05 bits per heavy atom. The molecule has 1 amide bonds. The fourth-order valence-corrected chi connectivity index (χ4v) is 2.68. The maximum absolute atomic E-state index is 12.3. The maximum Gasteiger partial charge on any atom is 0.251 e. The van der Waals surface area contributed by atoms with Crippen molar-refractivity contribution >= 4 is 5.91 Å². The molecule has 1 saturated heterocycles. The summed E-state index contributed by atoms with van der Waals surface area (Å²) in [5, 5.41) is 6.49. The zero-order chi connectivity index (χ0) is 14.7. The summed E-state index contributed by atoms with van der Waals surface area (Å²) in [4.78, 5) is 12.3. The van der Waals surface area contributed by atoms with Crippen LogP contribution in [0.25, 0.3) is 0 Å². The maximum atomic E-state index is 12.3. The molecule has 1 aromatic rings. The number of rotatable bonds is 5. The van der Waals surface area contributed by atoms with Gasteiger partial charge >= 0.3 is 0 Å². The second-order valence-corrected chi connectivity index (χ2v) is 6.33. The molecule has 21 heavy (non-hydrogen) atoms. The molecule has 114 valence electrons. The Morgan fingerprint density at radius 1 is 1.29 bits per heavy atom. The molecule has 1 aliphatic heterocycles. The lowest BCUT2D eigenvalue weighted by Gasteiger charge is -2.30. The molecule has 2 N–H and O–H groups in total. The first-order valence-electron chi connectivity index (χ1n) is 7.97. The van der Waals surface area contributed by atoms with E-state index in [0.29, 0.717) is 11.5 Å². The molecule has 4 heteroatoms. The lowest BCUT2D eigenvalue weighted by atomic mass is 9.95. The summed E-state index contributed by atoms with van der Waals surface area (Å²) < 4.78 is 5.69. The summed E-state index contributed by atoms with van der Waals surface area (Å²) >= 11 is 0. The molecule has 0 bridgehead atoms. The molecule has 1 saturated carbocycles. The second kappa shape index (κ2) is 6.48. The number of benzene rings is 1. The van der Waals surface area contributed by atoms with Crippen LogP contribution in [0.1, 0.15) is 36.5 Å². The van der Waals surface area contributed by atoms with Crippen molar-refractivity contribution in [2.24, 2.45) is 11.8 Å². The van der Waals surface area contributed by atoms with Gasteiger partial charge in [-0.2, -0.15) is 0 Å². The van der Waals surface area contributed by atoms with E-state index in [1.807, 2.05) is 24.3 Å². The van der Waals surface area contributed by atoms with Crippen molar-refractivity contribution in [3.05, 3.63) is 29.8 Å². The van der Waals surface area contributed by atoms with Gasteiger partial charge in [0.15, 0.2) is 0 Å². The van der Waals surface area contributed by atoms with Crippen molar-refractivity contribution in [3.8, 4) is 5.75 Å². The van der Waals surface area contributed by atoms with Gasteiger partial charge in [-0.1, -0.05) is 6.92 Å². The molecule has 0 aromatic heterocycles. The van der Waals surface area contributed by atoms with E-state index in [1.165, 1.54) is 12.8 Å². The van der Waals surface area contributed by atoms with Crippen molar-refractivity contribution in [1.82, 2.24) is 10.6 Å². The largest absolute Gasteiger partial charge is 0.493 e. The van der Waals surface area contributed by atoms with Gasteiger partial charge in [-0.25, -0.2) is 0 Å². The van der Waals surface area contributed by atoms with Gasteiger partial charge in [0.05, 0.1) is 6.61 Å². The van der Waals surface area contributed by atoms with Crippen molar-refractivity contribution < 1.29 is 9.53 Å². The highest BCUT2D eigenvalue weighted by atomic mass is 16.5. The summed E-state index contributed by atoms with van der Waals surface area (Å²) in [6.45, 7) is 4.92. The van der Waals surface area contributed by atoms with E-state index >= 15 is 0 Å². The number of amides is 1. The molecular weight excluding hydrogens is 264 g/mol. The van der Waals surface area contributed by atoms with Gasteiger partial charge < -0.3 is 15.4 Å². The van der Waals surface area contributed by atoms with Crippen LogP contribution in [0.4, 0.5) is 0 Å². The third-order valence-electron chi connectivity index (χ3n) is 4.40. The van der Waals surface area contributed by atoms with Crippen LogP contribution in [-0.2, 0) is 0 Å². The number of nitrogens with one attached hydrogen (secondary N) is 2. The van der Waals surface area contributed by atoms with Crippen LogP contribution in [-0.4, -0.2) is 31.6 Å². The van der Waals surface area contributed by atoms with E-state index in [-0.39, 0.29) is 11.9 Å². The highest BCUT2D eigenvalue weighted by molar-refractivity contribution is 5.94. The normalized spacial score (nSPS) is 25.4. The minimum Gasteiger partial charge on any atom is -0.493 e. The molecule has 2 fully saturated rings. The third-order valence-corrected chi connectivity index (χ3v) is 4.40. The van der Waals surface area contributed by atoms with Crippen molar-refractivity contribution in [2.45, 2.75) is 32.2 Å². The Kier molecular flexibility index (Phi) is 4.44. The molecular formula is C17H24N2O2. The van der Waals surface area contributed by atoms with Gasteiger partial charge in [0.2, 0.25) is 0 Å². The average molecular weight is 288 g/mol. The summed E-state index contributed by atoms with van der Waals surface area (Å²) in [7, 11) is 0. The van der Waals surface area contributed by atoms with E-state index in [9.17, 15) is 4.79 Å². The zero-order valence-electron chi connectivity index (χ0n) is 12.6. The van der Waals surface area contributed by atoms with Crippen molar-refractivity contribution in [2.75, 3.05) is 19.7 Å². The Bertz CT molecular complexity index is 482. The molecule has 4 nitrogen and oxygen atoms in total. The first-order valence-corrected chi connectivity index (χ1v) is 7.97. The Hall–Kier alpha value is -1.55. The molecule has 0 radical (unpaired) electrons. The highest BCUT2D eigenvalue weighted by Gasteiger charge is 2.23. The molecule has 2 aliphatic rings. The monoisotopic (exact) mass is 288 g/mol. The van der Waals surface area contributed by atoms with E-state index in [2.05, 4.69) is 17.6 Å². The molecule has 1 heterocycles. The smallest absolute Gasteiger partial charge is 0.251 e. The van der Waals surface area contributed by atoms with Gasteiger partial charge in [0.25, 0.3) is 5.91 Å². The number of hydrogen-bond acceptors (Lipinski definition) is 3. The Morgan fingerprint density at radius 3 is 2.71 bits per heavy atom. The van der Waals surface area contributed by atoms with Crippen LogP contribution < -0.4 is 15.4 Å². The average Bonchev–Trinajstić information content (AvgIpc) is 3.32. The lowest BCUT2D eigenvalue weighted by Crippen LogP contribution is -2.48. The van der Waals surface area contributed by atoms with Crippen LogP contribution >= 0.6 is 0 Å². The van der Waals surface area contributed by atoms with Gasteiger partial charge in [-0.3, -0.25) is 4.79 Å². The minimum absolute atomic E-state index is 0.0162. The highest BCUT2D eigenvalue weighted by Crippen LogP contribution is 2.29. The van der Waals surface area contributed by atoms with Crippen LogP contribution in [0.3, 0.4) is 0 Å². The SMILES string of the molecule is CC1CNCCC1NC(=O)c1ccc(OCC2CC2)cc1. The first-order chi connectivity index (χ1) is 10.2. The van der Waals surface area contributed by atoms with Gasteiger partial charge in [-0.05, 0) is 68.5 Å². The van der Waals surface area contributed by atoms with Crippen LogP contribution in [0.5, 0.6) is 5.75 Å². The number of ether oxygens (including phenoxy) is 1. The number of piperidine rings is 1. The van der Waals surface area contributed by atoms with Crippen molar-refractivity contribution in [1.29, 1.82) is 0 Å².